The molecule has 0 saturated carbocycles. The number of carbonyl (C=O) groups is 1. The van der Waals surface area contributed by atoms with Crippen molar-refractivity contribution in [3.8, 4) is 22.9 Å². The SMILES string of the molecule is CCC(CC)(C(=O)O)C(Cc1ccc(-c2ncc(OC)cn2)cc1)c1[nH]c2ccc(OCc3ncccn3)cc2c1SC(C)(C)C. The first-order valence-corrected chi connectivity index (χ1v) is 16.3. The van der Waals surface area contributed by atoms with E-state index in [0.717, 1.165) is 32.6 Å². The molecule has 0 aliphatic rings. The number of aliphatic carboxylic acids is 1. The molecule has 3 aromatic heterocycles. The van der Waals surface area contributed by atoms with Crippen LogP contribution >= 0.6 is 11.8 Å². The second-order valence-corrected chi connectivity index (χ2v) is 14.1. The van der Waals surface area contributed by atoms with E-state index in [2.05, 4.69) is 45.7 Å². The average molecular weight is 640 g/mol. The van der Waals surface area contributed by atoms with Gasteiger partial charge in [-0.1, -0.05) is 58.9 Å². The third-order valence-corrected chi connectivity index (χ3v) is 9.62. The molecule has 1 atom stereocenters. The highest BCUT2D eigenvalue weighted by Crippen LogP contribution is 2.50. The van der Waals surface area contributed by atoms with Gasteiger partial charge in [-0.2, -0.15) is 0 Å². The first-order valence-electron chi connectivity index (χ1n) is 15.5. The molecule has 0 bridgehead atoms. The molecule has 5 aromatic rings. The molecule has 2 aromatic carbocycles. The normalized spacial score (nSPS) is 12.7. The van der Waals surface area contributed by atoms with Crippen LogP contribution in [0, 0.1) is 5.41 Å². The smallest absolute Gasteiger partial charge is 0.310 e. The fourth-order valence-corrected chi connectivity index (χ4v) is 7.03. The summed E-state index contributed by atoms with van der Waals surface area (Å²) in [5.74, 6) is 1.37. The molecule has 5 rings (SSSR count). The molecule has 0 radical (unpaired) electrons. The number of methoxy groups -OCH3 is 1. The maximum Gasteiger partial charge on any atom is 0.310 e. The van der Waals surface area contributed by atoms with E-state index in [1.165, 1.54) is 0 Å². The third-order valence-electron chi connectivity index (χ3n) is 8.36. The Balaban J connectivity index is 1.57. The first kappa shape index (κ1) is 32.9. The Morgan fingerprint density at radius 2 is 1.63 bits per heavy atom. The largest absolute Gasteiger partial charge is 0.494 e. The number of fused-ring (bicyclic) bond motifs is 1. The molecule has 240 valence electrons. The molecule has 46 heavy (non-hydrogen) atoms. The van der Waals surface area contributed by atoms with Crippen LogP contribution in [0.5, 0.6) is 11.5 Å². The average Bonchev–Trinajstić information content (AvgIpc) is 3.40. The van der Waals surface area contributed by atoms with Gasteiger partial charge in [-0.15, -0.1) is 11.8 Å². The quantitative estimate of drug-likeness (QED) is 0.123. The summed E-state index contributed by atoms with van der Waals surface area (Å²) >= 11 is 1.75. The summed E-state index contributed by atoms with van der Waals surface area (Å²) in [6.07, 6.45) is 8.20. The van der Waals surface area contributed by atoms with E-state index >= 15 is 0 Å². The number of benzene rings is 2. The third kappa shape index (κ3) is 7.17. The van der Waals surface area contributed by atoms with Crippen molar-refractivity contribution in [2.45, 2.75) is 76.0 Å². The Hall–Kier alpha value is -4.44. The predicted octanol–water partition coefficient (Wildman–Crippen LogP) is 8.11. The number of nitrogens with zero attached hydrogens (tertiary/aromatic N) is 4. The maximum atomic E-state index is 13.2. The van der Waals surface area contributed by atoms with E-state index in [1.807, 2.05) is 56.3 Å². The van der Waals surface area contributed by atoms with Crippen LogP contribution in [0.15, 0.2) is 78.2 Å². The lowest BCUT2D eigenvalue weighted by molar-refractivity contribution is -0.151. The van der Waals surface area contributed by atoms with Crippen LogP contribution in [0.4, 0.5) is 0 Å². The van der Waals surface area contributed by atoms with Gasteiger partial charge in [0.25, 0.3) is 0 Å². The minimum absolute atomic E-state index is 0.131. The van der Waals surface area contributed by atoms with Gasteiger partial charge in [0.15, 0.2) is 17.4 Å². The highest BCUT2D eigenvalue weighted by Gasteiger charge is 2.45. The molecular weight excluding hydrogens is 598 g/mol. The highest BCUT2D eigenvalue weighted by atomic mass is 32.2. The van der Waals surface area contributed by atoms with Crippen LogP contribution in [0.25, 0.3) is 22.3 Å². The summed E-state index contributed by atoms with van der Waals surface area (Å²) in [6.45, 7) is 10.7. The van der Waals surface area contributed by atoms with E-state index in [4.69, 9.17) is 9.47 Å². The van der Waals surface area contributed by atoms with Gasteiger partial charge >= 0.3 is 5.97 Å². The topological polar surface area (TPSA) is 123 Å². The Labute approximate surface area is 274 Å². The summed E-state index contributed by atoms with van der Waals surface area (Å²) in [4.78, 5) is 35.3. The van der Waals surface area contributed by atoms with Crippen LogP contribution in [-0.4, -0.2) is 47.9 Å². The molecule has 2 N–H and O–H groups in total. The summed E-state index contributed by atoms with van der Waals surface area (Å²) in [5.41, 5.74) is 2.80. The lowest BCUT2D eigenvalue weighted by atomic mass is 9.67. The molecule has 9 nitrogen and oxygen atoms in total. The molecule has 10 heteroatoms. The van der Waals surface area contributed by atoms with Crippen molar-refractivity contribution in [1.82, 2.24) is 24.9 Å². The van der Waals surface area contributed by atoms with Crippen molar-refractivity contribution >= 4 is 28.6 Å². The highest BCUT2D eigenvalue weighted by molar-refractivity contribution is 8.00. The number of nitrogens with one attached hydrogen (secondary N) is 1. The summed E-state index contributed by atoms with van der Waals surface area (Å²) in [5, 5.41) is 11.8. The van der Waals surface area contributed by atoms with Gasteiger partial charge in [0.2, 0.25) is 0 Å². The fraction of sp³-hybridized carbons (Fsp3) is 0.361. The lowest BCUT2D eigenvalue weighted by Crippen LogP contribution is -2.38. The standard InChI is InChI=1S/C36H41N5O4S/c1-7-36(8-2,34(42)43)28(18-23-10-12-24(13-11-23)33-39-20-26(44-6)21-40-33)31-32(46-35(3,4)5)27-19-25(14-15-29(27)41-31)45-22-30-37-16-9-17-38-30/h9-17,19-21,28,41H,7-8,18,22H2,1-6H3,(H,42,43). The van der Waals surface area contributed by atoms with Crippen molar-refractivity contribution in [3.05, 3.63) is 90.4 Å². The van der Waals surface area contributed by atoms with Crippen molar-refractivity contribution in [1.29, 1.82) is 0 Å². The molecule has 3 heterocycles. The van der Waals surface area contributed by atoms with Crippen molar-refractivity contribution in [2.75, 3.05) is 7.11 Å². The van der Waals surface area contributed by atoms with E-state index in [9.17, 15) is 9.90 Å². The second kappa shape index (κ2) is 13.9. The zero-order valence-electron chi connectivity index (χ0n) is 27.2. The molecule has 0 amide bonds. The Bertz CT molecular complexity index is 1760. The van der Waals surface area contributed by atoms with E-state index in [-0.39, 0.29) is 17.3 Å². The molecule has 0 saturated heterocycles. The number of aromatic amines is 1. The van der Waals surface area contributed by atoms with Crippen LogP contribution in [0.1, 0.15) is 70.5 Å². The minimum atomic E-state index is -0.990. The molecule has 0 spiro atoms. The number of aromatic nitrogens is 5. The number of rotatable bonds is 13. The van der Waals surface area contributed by atoms with E-state index in [0.29, 0.717) is 42.4 Å². The summed E-state index contributed by atoms with van der Waals surface area (Å²) in [6, 6.07) is 15.8. The van der Waals surface area contributed by atoms with Crippen LogP contribution < -0.4 is 9.47 Å². The molecular formula is C36H41N5O4S. The monoisotopic (exact) mass is 639 g/mol. The van der Waals surface area contributed by atoms with E-state index < -0.39 is 11.4 Å². The number of ether oxygens (including phenoxy) is 2. The van der Waals surface area contributed by atoms with E-state index in [1.54, 1.807) is 49.7 Å². The summed E-state index contributed by atoms with van der Waals surface area (Å²) < 4.78 is 11.2. The van der Waals surface area contributed by atoms with Gasteiger partial charge in [0.05, 0.1) is 24.9 Å². The maximum absolute atomic E-state index is 13.2. The number of hydrogen-bond donors (Lipinski definition) is 2. The fourth-order valence-electron chi connectivity index (χ4n) is 5.84. The number of H-pyrrole nitrogens is 1. The number of thioether (sulfide) groups is 1. The second-order valence-electron chi connectivity index (χ2n) is 12.3. The predicted molar refractivity (Wildman–Crippen MR) is 181 cm³/mol. The van der Waals surface area contributed by atoms with Gasteiger partial charge in [-0.3, -0.25) is 4.79 Å². The lowest BCUT2D eigenvalue weighted by Gasteiger charge is -2.36. The van der Waals surface area contributed by atoms with Crippen molar-refractivity contribution in [3.63, 3.8) is 0 Å². The zero-order valence-corrected chi connectivity index (χ0v) is 28.0. The van der Waals surface area contributed by atoms with Gasteiger partial charge < -0.3 is 19.6 Å². The Morgan fingerprint density at radius 1 is 0.957 bits per heavy atom. The first-order chi connectivity index (χ1) is 22.1. The van der Waals surface area contributed by atoms with Crippen molar-refractivity contribution < 1.29 is 19.4 Å². The van der Waals surface area contributed by atoms with Gasteiger partial charge in [0.1, 0.15) is 12.4 Å². The number of carboxylic acid groups (broad SMARTS) is 1. The zero-order chi connectivity index (χ0) is 32.9. The van der Waals surface area contributed by atoms with Gasteiger partial charge in [-0.25, -0.2) is 19.9 Å². The van der Waals surface area contributed by atoms with Crippen LogP contribution in [0.2, 0.25) is 0 Å². The van der Waals surface area contributed by atoms with Crippen LogP contribution in [0.3, 0.4) is 0 Å². The molecule has 0 aliphatic carbocycles. The van der Waals surface area contributed by atoms with Gasteiger partial charge in [-0.05, 0) is 49.1 Å². The minimum Gasteiger partial charge on any atom is -0.494 e. The Morgan fingerprint density at radius 3 is 2.22 bits per heavy atom. The number of hydrogen-bond acceptors (Lipinski definition) is 8. The molecule has 0 fully saturated rings. The Kier molecular flexibility index (Phi) is 9.96. The number of carboxylic acids is 1. The van der Waals surface area contributed by atoms with Crippen molar-refractivity contribution in [2.24, 2.45) is 5.41 Å². The molecule has 1 unspecified atom stereocenters. The summed E-state index contributed by atoms with van der Waals surface area (Å²) in [7, 11) is 1.58. The molecule has 0 aliphatic heterocycles. The van der Waals surface area contributed by atoms with Crippen LogP contribution in [-0.2, 0) is 17.8 Å². The van der Waals surface area contributed by atoms with Gasteiger partial charge in [0, 0.05) is 50.1 Å².